The molecule has 0 aromatic carbocycles. The van der Waals surface area contributed by atoms with Crippen LogP contribution in [0.5, 0.6) is 0 Å². The minimum atomic E-state index is -3.44. The molecular weight excluding hydrogens is 278 g/mol. The Bertz CT molecular complexity index is 474. The smallest absolute Gasteiger partial charge is 0.264 e. The van der Waals surface area contributed by atoms with Crippen LogP contribution in [0.3, 0.4) is 0 Å². The number of hydrogen-bond donors (Lipinski definition) is 0. The van der Waals surface area contributed by atoms with E-state index in [1.165, 1.54) is 4.31 Å². The van der Waals surface area contributed by atoms with Crippen LogP contribution in [0, 0.1) is 5.41 Å². The Balaban J connectivity index is 2.57. The van der Waals surface area contributed by atoms with Crippen LogP contribution in [0.1, 0.15) is 26.7 Å². The summed E-state index contributed by atoms with van der Waals surface area (Å²) in [4.78, 5) is 0. The zero-order valence-corrected chi connectivity index (χ0v) is 12.7. The molecule has 6 nitrogen and oxygen atoms in total. The first kappa shape index (κ1) is 15.9. The van der Waals surface area contributed by atoms with Crippen molar-refractivity contribution in [3.8, 4) is 0 Å². The van der Waals surface area contributed by atoms with Crippen molar-refractivity contribution < 1.29 is 21.0 Å². The maximum absolute atomic E-state index is 11.7. The van der Waals surface area contributed by atoms with Gasteiger partial charge in [0.2, 0.25) is 10.0 Å². The molecule has 0 aromatic heterocycles. The molecule has 0 aliphatic carbocycles. The molecule has 0 atom stereocenters. The van der Waals surface area contributed by atoms with Crippen LogP contribution in [-0.2, 0) is 24.3 Å². The van der Waals surface area contributed by atoms with Crippen LogP contribution in [0.25, 0.3) is 0 Å². The highest BCUT2D eigenvalue weighted by Crippen LogP contribution is 2.32. The van der Waals surface area contributed by atoms with Gasteiger partial charge in [0, 0.05) is 13.1 Å². The van der Waals surface area contributed by atoms with Gasteiger partial charge in [0.1, 0.15) is 0 Å². The van der Waals surface area contributed by atoms with Crippen molar-refractivity contribution in [3.63, 3.8) is 0 Å². The largest absolute Gasteiger partial charge is 0.270 e. The Morgan fingerprint density at radius 2 is 1.67 bits per heavy atom. The minimum Gasteiger partial charge on any atom is -0.270 e. The highest BCUT2D eigenvalue weighted by molar-refractivity contribution is 7.89. The quantitative estimate of drug-likeness (QED) is 0.687. The van der Waals surface area contributed by atoms with Gasteiger partial charge in [-0.25, -0.2) is 12.7 Å². The third-order valence-corrected chi connectivity index (χ3v) is 5.74. The van der Waals surface area contributed by atoms with E-state index in [2.05, 4.69) is 0 Å². The van der Waals surface area contributed by atoms with E-state index >= 15 is 0 Å². The minimum absolute atomic E-state index is 0.101. The van der Waals surface area contributed by atoms with Gasteiger partial charge >= 0.3 is 0 Å². The van der Waals surface area contributed by atoms with Gasteiger partial charge in [0.05, 0.1) is 18.6 Å². The molecule has 1 saturated heterocycles. The molecule has 0 spiro atoms. The van der Waals surface area contributed by atoms with E-state index in [1.807, 2.05) is 6.92 Å². The van der Waals surface area contributed by atoms with Crippen LogP contribution in [0.4, 0.5) is 0 Å². The third kappa shape index (κ3) is 4.49. The van der Waals surface area contributed by atoms with E-state index in [4.69, 9.17) is 4.18 Å². The number of rotatable bonds is 5. The van der Waals surface area contributed by atoms with Gasteiger partial charge in [-0.3, -0.25) is 4.18 Å². The van der Waals surface area contributed by atoms with Crippen molar-refractivity contribution in [2.75, 3.05) is 31.7 Å². The second-order valence-corrected chi connectivity index (χ2v) is 8.98. The van der Waals surface area contributed by atoms with E-state index < -0.39 is 20.1 Å². The molecule has 1 rings (SSSR count). The second-order valence-electron chi connectivity index (χ2n) is 5.08. The average molecular weight is 299 g/mol. The third-order valence-electron chi connectivity index (χ3n) is 3.31. The number of hydrogen-bond acceptors (Lipinski definition) is 5. The zero-order valence-electron chi connectivity index (χ0n) is 11.0. The number of piperidine rings is 1. The van der Waals surface area contributed by atoms with E-state index in [9.17, 15) is 16.8 Å². The molecule has 0 saturated carbocycles. The lowest BCUT2D eigenvalue weighted by Crippen LogP contribution is -2.44. The fourth-order valence-corrected chi connectivity index (χ4v) is 3.48. The first-order chi connectivity index (χ1) is 8.08. The monoisotopic (exact) mass is 299 g/mol. The normalized spacial score (nSPS) is 21.9. The lowest BCUT2D eigenvalue weighted by atomic mass is 9.82. The predicted molar refractivity (Wildman–Crippen MR) is 69.2 cm³/mol. The lowest BCUT2D eigenvalue weighted by molar-refractivity contribution is 0.103. The molecule has 0 N–H and O–H groups in total. The van der Waals surface area contributed by atoms with Crippen LogP contribution in [0.2, 0.25) is 0 Å². The van der Waals surface area contributed by atoms with Crippen molar-refractivity contribution >= 4 is 20.1 Å². The molecule has 18 heavy (non-hydrogen) atoms. The van der Waals surface area contributed by atoms with Crippen LogP contribution < -0.4 is 0 Å². The summed E-state index contributed by atoms with van der Waals surface area (Å²) in [5, 5.41) is 0. The molecule has 0 bridgehead atoms. The Morgan fingerprint density at radius 3 is 2.06 bits per heavy atom. The average Bonchev–Trinajstić information content (AvgIpc) is 2.26. The SMILES string of the molecule is CCS(=O)(=O)N1CCC(C)(COS(C)(=O)=O)CC1. The molecule has 1 aliphatic heterocycles. The highest BCUT2D eigenvalue weighted by atomic mass is 32.2. The summed E-state index contributed by atoms with van der Waals surface area (Å²) in [5.74, 6) is 0.101. The molecule has 1 fully saturated rings. The summed E-state index contributed by atoms with van der Waals surface area (Å²) in [6.07, 6.45) is 2.25. The molecule has 0 radical (unpaired) electrons. The Hall–Kier alpha value is -0.180. The fourth-order valence-electron chi connectivity index (χ4n) is 1.88. The summed E-state index contributed by atoms with van der Waals surface area (Å²) < 4.78 is 51.6. The molecule has 108 valence electrons. The van der Waals surface area contributed by atoms with Gasteiger partial charge in [0.25, 0.3) is 10.1 Å². The van der Waals surface area contributed by atoms with E-state index in [1.54, 1.807) is 6.92 Å². The van der Waals surface area contributed by atoms with Crippen molar-refractivity contribution in [3.05, 3.63) is 0 Å². The molecule has 1 aliphatic rings. The molecule has 0 unspecified atom stereocenters. The summed E-state index contributed by atoms with van der Waals surface area (Å²) in [5.41, 5.74) is -0.275. The van der Waals surface area contributed by atoms with Gasteiger partial charge in [-0.2, -0.15) is 8.42 Å². The van der Waals surface area contributed by atoms with Crippen LogP contribution in [0.15, 0.2) is 0 Å². The predicted octanol–water partition coefficient (Wildman–Crippen LogP) is 0.414. The van der Waals surface area contributed by atoms with E-state index in [0.29, 0.717) is 25.9 Å². The zero-order chi connectivity index (χ0) is 14.0. The Kier molecular flexibility index (Phi) is 4.80. The van der Waals surface area contributed by atoms with Gasteiger partial charge in [-0.05, 0) is 25.2 Å². The van der Waals surface area contributed by atoms with Crippen molar-refractivity contribution in [2.24, 2.45) is 5.41 Å². The summed E-state index contributed by atoms with van der Waals surface area (Å²) in [6, 6.07) is 0. The Morgan fingerprint density at radius 1 is 1.17 bits per heavy atom. The Labute approximate surface area is 109 Å². The summed E-state index contributed by atoms with van der Waals surface area (Å²) in [6.45, 7) is 4.52. The van der Waals surface area contributed by atoms with Gasteiger partial charge < -0.3 is 0 Å². The maximum atomic E-state index is 11.7. The fraction of sp³-hybridized carbons (Fsp3) is 1.00. The van der Waals surface area contributed by atoms with Crippen molar-refractivity contribution in [1.82, 2.24) is 4.31 Å². The van der Waals surface area contributed by atoms with Crippen molar-refractivity contribution in [2.45, 2.75) is 26.7 Å². The summed E-state index contributed by atoms with van der Waals surface area (Å²) in [7, 11) is -6.58. The summed E-state index contributed by atoms with van der Waals surface area (Å²) >= 11 is 0. The standard InChI is InChI=1S/C10H21NO5S2/c1-4-18(14,15)11-7-5-10(2,6-8-11)9-16-17(3,12)13/h4-9H2,1-3H3. The topological polar surface area (TPSA) is 80.8 Å². The number of nitrogens with zero attached hydrogens (tertiary/aromatic N) is 1. The first-order valence-corrected chi connectivity index (χ1v) is 9.33. The lowest BCUT2D eigenvalue weighted by Gasteiger charge is -2.38. The molecular formula is C10H21NO5S2. The van der Waals surface area contributed by atoms with Crippen LogP contribution >= 0.6 is 0 Å². The van der Waals surface area contributed by atoms with Gasteiger partial charge in [-0.1, -0.05) is 6.92 Å². The molecule has 0 amide bonds. The van der Waals surface area contributed by atoms with Gasteiger partial charge in [0.15, 0.2) is 0 Å². The van der Waals surface area contributed by atoms with Crippen LogP contribution in [-0.4, -0.2) is 52.8 Å². The number of sulfonamides is 1. The van der Waals surface area contributed by atoms with E-state index in [0.717, 1.165) is 6.26 Å². The maximum Gasteiger partial charge on any atom is 0.264 e. The molecule has 1 heterocycles. The van der Waals surface area contributed by atoms with E-state index in [-0.39, 0.29) is 17.8 Å². The molecule has 0 aromatic rings. The highest BCUT2D eigenvalue weighted by Gasteiger charge is 2.35. The van der Waals surface area contributed by atoms with Gasteiger partial charge in [-0.15, -0.1) is 0 Å². The second kappa shape index (κ2) is 5.44. The first-order valence-electron chi connectivity index (χ1n) is 5.90. The van der Waals surface area contributed by atoms with Crippen molar-refractivity contribution in [1.29, 1.82) is 0 Å². The molecule has 8 heteroatoms.